The summed E-state index contributed by atoms with van der Waals surface area (Å²) in [5, 5.41) is 3.78. The first-order valence-electron chi connectivity index (χ1n) is 7.27. The van der Waals surface area contributed by atoms with Crippen LogP contribution in [0.25, 0.3) is 0 Å². The molecule has 1 heteroatoms. The third-order valence-corrected chi connectivity index (χ3v) is 4.92. The summed E-state index contributed by atoms with van der Waals surface area (Å²) in [6.45, 7) is 1.15. The van der Waals surface area contributed by atoms with E-state index in [1.165, 1.54) is 36.0 Å². The standard InChI is InChI=1S/C18H19N/c1-2-8-15(9-3-1)18-11-6-12-19-17(18)16-10-5-4-7-14(16)13-18/h1-5,7-10,17,19H,6,11-13H2/t17-,18+/m1/s1. The summed E-state index contributed by atoms with van der Waals surface area (Å²) in [5.74, 6) is 0. The molecule has 0 unspecified atom stereocenters. The van der Waals surface area contributed by atoms with E-state index in [2.05, 4.69) is 59.9 Å². The van der Waals surface area contributed by atoms with E-state index in [0.717, 1.165) is 6.54 Å². The van der Waals surface area contributed by atoms with Crippen LogP contribution in [0.1, 0.15) is 35.6 Å². The summed E-state index contributed by atoms with van der Waals surface area (Å²) < 4.78 is 0. The number of rotatable bonds is 1. The van der Waals surface area contributed by atoms with E-state index < -0.39 is 0 Å². The molecule has 2 atom stereocenters. The van der Waals surface area contributed by atoms with Crippen LogP contribution in [0.3, 0.4) is 0 Å². The molecule has 1 saturated heterocycles. The third-order valence-electron chi connectivity index (χ3n) is 4.92. The van der Waals surface area contributed by atoms with Crippen molar-refractivity contribution in [2.24, 2.45) is 0 Å². The van der Waals surface area contributed by atoms with Crippen molar-refractivity contribution in [1.29, 1.82) is 0 Å². The molecule has 1 aliphatic heterocycles. The van der Waals surface area contributed by atoms with Gasteiger partial charge in [0.1, 0.15) is 0 Å². The van der Waals surface area contributed by atoms with Gasteiger partial charge < -0.3 is 5.32 Å². The lowest BCUT2D eigenvalue weighted by Crippen LogP contribution is -2.44. The maximum Gasteiger partial charge on any atom is 0.0424 e. The Morgan fingerprint density at radius 3 is 2.63 bits per heavy atom. The highest BCUT2D eigenvalue weighted by Gasteiger charge is 2.48. The molecular formula is C18H19N. The van der Waals surface area contributed by atoms with Gasteiger partial charge in [0.2, 0.25) is 0 Å². The fourth-order valence-corrected chi connectivity index (χ4v) is 4.09. The second-order valence-electron chi connectivity index (χ2n) is 5.89. The lowest BCUT2D eigenvalue weighted by atomic mass is 9.69. The Morgan fingerprint density at radius 1 is 0.947 bits per heavy atom. The van der Waals surface area contributed by atoms with Crippen LogP contribution in [0, 0.1) is 0 Å². The molecule has 19 heavy (non-hydrogen) atoms. The molecule has 2 aromatic carbocycles. The van der Waals surface area contributed by atoms with Crippen LogP contribution in [0.15, 0.2) is 54.6 Å². The van der Waals surface area contributed by atoms with Gasteiger partial charge >= 0.3 is 0 Å². The molecule has 96 valence electrons. The zero-order valence-electron chi connectivity index (χ0n) is 11.1. The monoisotopic (exact) mass is 249 g/mol. The highest BCUT2D eigenvalue weighted by molar-refractivity contribution is 5.46. The Labute approximate surface area is 114 Å². The van der Waals surface area contributed by atoms with Gasteiger partial charge in [-0.05, 0) is 42.5 Å². The number of hydrogen-bond acceptors (Lipinski definition) is 1. The van der Waals surface area contributed by atoms with Crippen LogP contribution < -0.4 is 5.32 Å². The molecule has 0 saturated carbocycles. The van der Waals surface area contributed by atoms with Crippen molar-refractivity contribution in [1.82, 2.24) is 5.32 Å². The van der Waals surface area contributed by atoms with Crippen molar-refractivity contribution in [2.45, 2.75) is 30.7 Å². The van der Waals surface area contributed by atoms with Crippen molar-refractivity contribution in [2.75, 3.05) is 6.54 Å². The summed E-state index contributed by atoms with van der Waals surface area (Å²) >= 11 is 0. The van der Waals surface area contributed by atoms with E-state index in [4.69, 9.17) is 0 Å². The van der Waals surface area contributed by atoms with E-state index in [1.54, 1.807) is 0 Å². The van der Waals surface area contributed by atoms with E-state index >= 15 is 0 Å². The molecule has 1 nitrogen and oxygen atoms in total. The number of nitrogens with one attached hydrogen (secondary N) is 1. The Hall–Kier alpha value is -1.60. The lowest BCUT2D eigenvalue weighted by Gasteiger charge is -2.41. The van der Waals surface area contributed by atoms with Crippen LogP contribution in [-0.4, -0.2) is 6.54 Å². The molecule has 4 rings (SSSR count). The Bertz CT molecular complexity index is 590. The molecule has 1 N–H and O–H groups in total. The first kappa shape index (κ1) is 11.2. The van der Waals surface area contributed by atoms with E-state index in [1.807, 2.05) is 0 Å². The summed E-state index contributed by atoms with van der Waals surface area (Å²) in [5.41, 5.74) is 4.84. The second kappa shape index (κ2) is 4.21. The van der Waals surface area contributed by atoms with Gasteiger partial charge in [-0.3, -0.25) is 0 Å². The third kappa shape index (κ3) is 1.58. The SMILES string of the molecule is c1ccc([C@@]23CCCN[C@@H]2c2ccccc2C3)cc1. The molecule has 1 aliphatic carbocycles. The van der Waals surface area contributed by atoms with Gasteiger partial charge in [-0.1, -0.05) is 54.6 Å². The summed E-state index contributed by atoms with van der Waals surface area (Å²) in [6.07, 6.45) is 3.76. The minimum absolute atomic E-state index is 0.281. The first-order chi connectivity index (χ1) is 9.40. The Morgan fingerprint density at radius 2 is 1.74 bits per heavy atom. The van der Waals surface area contributed by atoms with Gasteiger partial charge in [0.25, 0.3) is 0 Å². The molecule has 1 heterocycles. The average Bonchev–Trinajstić information content (AvgIpc) is 2.84. The molecule has 0 aromatic heterocycles. The average molecular weight is 249 g/mol. The highest BCUT2D eigenvalue weighted by Crippen LogP contribution is 2.51. The van der Waals surface area contributed by atoms with Crippen LogP contribution in [0.5, 0.6) is 0 Å². The molecule has 0 spiro atoms. The molecule has 0 bridgehead atoms. The highest BCUT2D eigenvalue weighted by atomic mass is 15.0. The summed E-state index contributed by atoms with van der Waals surface area (Å²) in [7, 11) is 0. The van der Waals surface area contributed by atoms with Crippen LogP contribution in [0.4, 0.5) is 0 Å². The largest absolute Gasteiger partial charge is 0.309 e. The summed E-state index contributed by atoms with van der Waals surface area (Å²) in [6, 6.07) is 20.6. The number of hydrogen-bond donors (Lipinski definition) is 1. The smallest absolute Gasteiger partial charge is 0.0424 e. The van der Waals surface area contributed by atoms with Gasteiger partial charge in [0.05, 0.1) is 0 Å². The minimum Gasteiger partial charge on any atom is -0.309 e. The molecule has 0 radical (unpaired) electrons. The van der Waals surface area contributed by atoms with Crippen molar-refractivity contribution in [3.63, 3.8) is 0 Å². The second-order valence-corrected chi connectivity index (χ2v) is 5.89. The number of fused-ring (bicyclic) bond motifs is 3. The van der Waals surface area contributed by atoms with Crippen molar-refractivity contribution >= 4 is 0 Å². The quantitative estimate of drug-likeness (QED) is 0.814. The normalized spacial score (nSPS) is 28.7. The van der Waals surface area contributed by atoms with Crippen LogP contribution in [0.2, 0.25) is 0 Å². The molecule has 2 aliphatic rings. The zero-order chi connectivity index (χ0) is 12.7. The lowest BCUT2D eigenvalue weighted by molar-refractivity contribution is 0.248. The fraction of sp³-hybridized carbons (Fsp3) is 0.333. The van der Waals surface area contributed by atoms with E-state index in [0.29, 0.717) is 6.04 Å². The number of benzene rings is 2. The zero-order valence-corrected chi connectivity index (χ0v) is 11.1. The maximum atomic E-state index is 3.78. The van der Waals surface area contributed by atoms with E-state index in [9.17, 15) is 0 Å². The van der Waals surface area contributed by atoms with Crippen molar-refractivity contribution < 1.29 is 0 Å². The van der Waals surface area contributed by atoms with Crippen molar-refractivity contribution in [3.8, 4) is 0 Å². The minimum atomic E-state index is 0.281. The van der Waals surface area contributed by atoms with Gasteiger partial charge in [-0.2, -0.15) is 0 Å². The van der Waals surface area contributed by atoms with Gasteiger partial charge in [0, 0.05) is 11.5 Å². The maximum absolute atomic E-state index is 3.78. The van der Waals surface area contributed by atoms with Gasteiger partial charge in [-0.15, -0.1) is 0 Å². The molecular weight excluding hydrogens is 230 g/mol. The Balaban J connectivity index is 1.87. The van der Waals surface area contributed by atoms with Crippen LogP contribution in [-0.2, 0) is 11.8 Å². The Kier molecular flexibility index (Phi) is 2.49. The number of piperidine rings is 1. The van der Waals surface area contributed by atoms with E-state index in [-0.39, 0.29) is 5.41 Å². The fourth-order valence-electron chi connectivity index (χ4n) is 4.09. The van der Waals surface area contributed by atoms with Crippen molar-refractivity contribution in [3.05, 3.63) is 71.3 Å². The molecule has 2 aromatic rings. The molecule has 0 amide bonds. The topological polar surface area (TPSA) is 12.0 Å². The molecule has 1 fully saturated rings. The van der Waals surface area contributed by atoms with Crippen LogP contribution >= 0.6 is 0 Å². The first-order valence-corrected chi connectivity index (χ1v) is 7.27. The van der Waals surface area contributed by atoms with Gasteiger partial charge in [0.15, 0.2) is 0 Å². The predicted octanol–water partition coefficient (Wildman–Crippen LogP) is 3.61. The predicted molar refractivity (Wildman–Crippen MR) is 78.2 cm³/mol. The van der Waals surface area contributed by atoms with Gasteiger partial charge in [-0.25, -0.2) is 0 Å². The summed E-state index contributed by atoms with van der Waals surface area (Å²) in [4.78, 5) is 0.